The maximum atomic E-state index is 13.1. The molecule has 170 valence electrons. The van der Waals surface area contributed by atoms with Gasteiger partial charge in [-0.05, 0) is 49.4 Å². The minimum Gasteiger partial charge on any atom is -0.463 e. The van der Waals surface area contributed by atoms with Crippen molar-refractivity contribution in [1.29, 1.82) is 0 Å². The Morgan fingerprint density at radius 3 is 2.68 bits per heavy atom. The molecule has 4 heterocycles. The number of anilines is 1. The molecule has 4 aromatic heterocycles. The van der Waals surface area contributed by atoms with Gasteiger partial charge in [0.05, 0.1) is 35.1 Å². The van der Waals surface area contributed by atoms with Crippen LogP contribution in [0.1, 0.15) is 16.1 Å². The molecule has 0 aliphatic carbocycles. The number of hydrogen-bond donors (Lipinski definition) is 2. The highest BCUT2D eigenvalue weighted by Gasteiger charge is 2.20. The molecule has 5 rings (SSSR count). The zero-order valence-electron chi connectivity index (χ0n) is 18.4. The second kappa shape index (κ2) is 8.62. The van der Waals surface area contributed by atoms with E-state index in [0.717, 1.165) is 5.69 Å². The predicted molar refractivity (Wildman–Crippen MR) is 123 cm³/mol. The largest absolute Gasteiger partial charge is 0.463 e. The Morgan fingerprint density at radius 2 is 1.97 bits per heavy atom. The fourth-order valence-electron chi connectivity index (χ4n) is 3.67. The third-order valence-corrected chi connectivity index (χ3v) is 5.23. The van der Waals surface area contributed by atoms with Gasteiger partial charge in [-0.25, -0.2) is 14.6 Å². The second-order valence-corrected chi connectivity index (χ2v) is 7.56. The van der Waals surface area contributed by atoms with Crippen molar-refractivity contribution in [1.82, 2.24) is 34.8 Å². The molecular formula is C23H20N8O3. The second-order valence-electron chi connectivity index (χ2n) is 7.56. The van der Waals surface area contributed by atoms with E-state index in [1.807, 2.05) is 6.92 Å². The topological polar surface area (TPSA) is 133 Å². The van der Waals surface area contributed by atoms with E-state index in [9.17, 15) is 9.59 Å². The number of furan rings is 1. The Balaban J connectivity index is 1.31. The molecule has 11 heteroatoms. The van der Waals surface area contributed by atoms with E-state index in [1.165, 1.54) is 12.6 Å². The third-order valence-electron chi connectivity index (χ3n) is 5.23. The number of nitrogens with one attached hydrogen (secondary N) is 2. The van der Waals surface area contributed by atoms with Crippen LogP contribution >= 0.6 is 0 Å². The van der Waals surface area contributed by atoms with Crippen LogP contribution in [0.3, 0.4) is 0 Å². The van der Waals surface area contributed by atoms with Gasteiger partial charge in [-0.2, -0.15) is 10.2 Å². The number of amides is 2. The number of fused-ring (bicyclic) bond motifs is 1. The number of nitrogens with zero attached hydrogens (tertiary/aromatic N) is 6. The van der Waals surface area contributed by atoms with Crippen LogP contribution < -0.4 is 10.6 Å². The molecule has 0 radical (unpaired) electrons. The first-order chi connectivity index (χ1) is 16.5. The fourth-order valence-corrected chi connectivity index (χ4v) is 3.67. The van der Waals surface area contributed by atoms with Crippen molar-refractivity contribution in [2.45, 2.75) is 6.92 Å². The first-order valence-corrected chi connectivity index (χ1v) is 10.4. The summed E-state index contributed by atoms with van der Waals surface area (Å²) in [5.41, 5.74) is 3.49. The molecular weight excluding hydrogens is 436 g/mol. The maximum absolute atomic E-state index is 13.1. The van der Waals surface area contributed by atoms with Crippen molar-refractivity contribution in [3.8, 4) is 17.1 Å². The van der Waals surface area contributed by atoms with Gasteiger partial charge < -0.3 is 15.1 Å². The van der Waals surface area contributed by atoms with Crippen LogP contribution in [0, 0.1) is 6.92 Å². The molecule has 5 aromatic rings. The summed E-state index contributed by atoms with van der Waals surface area (Å²) in [7, 11) is 1.76. The van der Waals surface area contributed by atoms with Gasteiger partial charge >= 0.3 is 0 Å². The van der Waals surface area contributed by atoms with Gasteiger partial charge in [-0.15, -0.1) is 0 Å². The fraction of sp³-hybridized carbons (Fsp3) is 0.130. The molecule has 0 spiro atoms. The van der Waals surface area contributed by atoms with Crippen LogP contribution in [0.5, 0.6) is 0 Å². The monoisotopic (exact) mass is 456 g/mol. The first-order valence-electron chi connectivity index (χ1n) is 10.4. The predicted octanol–water partition coefficient (Wildman–Crippen LogP) is 2.49. The van der Waals surface area contributed by atoms with E-state index in [4.69, 9.17) is 4.42 Å². The number of pyridine rings is 1. The number of carbonyl (C=O) groups excluding carboxylic acids is 2. The Hall–Kier alpha value is -4.80. The van der Waals surface area contributed by atoms with Crippen molar-refractivity contribution < 1.29 is 14.0 Å². The lowest BCUT2D eigenvalue weighted by atomic mass is 10.1. The average molecular weight is 456 g/mol. The Bertz CT molecular complexity index is 1470. The van der Waals surface area contributed by atoms with E-state index >= 15 is 0 Å². The van der Waals surface area contributed by atoms with Crippen molar-refractivity contribution >= 4 is 28.5 Å². The summed E-state index contributed by atoms with van der Waals surface area (Å²) in [6, 6.07) is 12.3. The summed E-state index contributed by atoms with van der Waals surface area (Å²) < 4.78 is 8.67. The normalized spacial score (nSPS) is 11.0. The quantitative estimate of drug-likeness (QED) is 0.401. The SMILES string of the molecule is Cc1nn(C)c2nc(-c3ccco3)cc(C(=O)NCC(=O)Nc3ccc(-n4cncn4)cc3)c12. The van der Waals surface area contributed by atoms with Gasteiger partial charge in [0.15, 0.2) is 11.4 Å². The smallest absolute Gasteiger partial charge is 0.252 e. The van der Waals surface area contributed by atoms with Crippen molar-refractivity contribution in [2.75, 3.05) is 11.9 Å². The van der Waals surface area contributed by atoms with Crippen LogP contribution in [-0.2, 0) is 11.8 Å². The highest BCUT2D eigenvalue weighted by Crippen LogP contribution is 2.27. The van der Waals surface area contributed by atoms with E-state index in [0.29, 0.717) is 39.4 Å². The highest BCUT2D eigenvalue weighted by molar-refractivity contribution is 6.08. The molecule has 2 amide bonds. The third kappa shape index (κ3) is 4.01. The van der Waals surface area contributed by atoms with Crippen molar-refractivity contribution in [3.63, 3.8) is 0 Å². The average Bonchev–Trinajstić information content (AvgIpc) is 3.60. The van der Waals surface area contributed by atoms with Gasteiger partial charge in [0.25, 0.3) is 5.91 Å². The molecule has 0 saturated carbocycles. The van der Waals surface area contributed by atoms with E-state index in [1.54, 1.807) is 65.2 Å². The lowest BCUT2D eigenvalue weighted by Gasteiger charge is -2.10. The van der Waals surface area contributed by atoms with Gasteiger partial charge in [0.2, 0.25) is 5.91 Å². The minimum absolute atomic E-state index is 0.205. The van der Waals surface area contributed by atoms with Gasteiger partial charge in [-0.3, -0.25) is 14.3 Å². The molecule has 1 aromatic carbocycles. The van der Waals surface area contributed by atoms with Gasteiger partial charge in [0, 0.05) is 12.7 Å². The lowest BCUT2D eigenvalue weighted by Crippen LogP contribution is -2.33. The van der Waals surface area contributed by atoms with Gasteiger partial charge in [-0.1, -0.05) is 0 Å². The molecule has 0 saturated heterocycles. The highest BCUT2D eigenvalue weighted by atomic mass is 16.3. The number of rotatable bonds is 6. The molecule has 34 heavy (non-hydrogen) atoms. The number of aryl methyl sites for hydroxylation is 2. The van der Waals surface area contributed by atoms with Crippen LogP contribution in [0.15, 0.2) is 65.8 Å². The number of hydrogen-bond acceptors (Lipinski definition) is 7. The Kier molecular flexibility index (Phi) is 5.34. The zero-order valence-corrected chi connectivity index (χ0v) is 18.4. The van der Waals surface area contributed by atoms with E-state index < -0.39 is 5.91 Å². The minimum atomic E-state index is -0.409. The van der Waals surface area contributed by atoms with Crippen LogP contribution in [-0.4, -0.2) is 47.9 Å². The zero-order chi connectivity index (χ0) is 23.7. The summed E-state index contributed by atoms with van der Waals surface area (Å²) in [5, 5.41) is 14.5. The first kappa shape index (κ1) is 21.1. The van der Waals surface area contributed by atoms with E-state index in [-0.39, 0.29) is 12.5 Å². The summed E-state index contributed by atoms with van der Waals surface area (Å²) in [6.45, 7) is 1.60. The number of carbonyl (C=O) groups is 2. The number of aromatic nitrogens is 6. The van der Waals surface area contributed by atoms with Crippen LogP contribution in [0.2, 0.25) is 0 Å². The van der Waals surface area contributed by atoms with Crippen LogP contribution in [0.25, 0.3) is 28.2 Å². The van der Waals surface area contributed by atoms with E-state index in [2.05, 4.69) is 30.8 Å². The summed E-state index contributed by atoms with van der Waals surface area (Å²) >= 11 is 0. The standard InChI is InChI=1S/C23H20N8O3/c1-14-21-17(10-18(19-4-3-9-34-19)28-22(21)30(2)29-14)23(33)25-11-20(32)27-15-5-7-16(8-6-15)31-13-24-12-26-31/h3-10,12-13H,11H2,1-2H3,(H,25,33)(H,27,32). The van der Waals surface area contributed by atoms with Crippen LogP contribution in [0.4, 0.5) is 5.69 Å². The Labute approximate surface area is 193 Å². The summed E-state index contributed by atoms with van der Waals surface area (Å²) in [5.74, 6) is -0.240. The maximum Gasteiger partial charge on any atom is 0.252 e. The molecule has 0 aliphatic rings. The van der Waals surface area contributed by atoms with Gasteiger partial charge in [0.1, 0.15) is 18.3 Å². The van der Waals surface area contributed by atoms with Crippen molar-refractivity contribution in [3.05, 3.63) is 72.6 Å². The summed E-state index contributed by atoms with van der Waals surface area (Å²) in [4.78, 5) is 34.0. The Morgan fingerprint density at radius 1 is 1.15 bits per heavy atom. The molecule has 0 aliphatic heterocycles. The molecule has 0 bridgehead atoms. The van der Waals surface area contributed by atoms with Crippen molar-refractivity contribution in [2.24, 2.45) is 7.05 Å². The molecule has 0 atom stereocenters. The lowest BCUT2D eigenvalue weighted by molar-refractivity contribution is -0.115. The summed E-state index contributed by atoms with van der Waals surface area (Å²) in [6.07, 6.45) is 4.57. The molecule has 0 fully saturated rings. The number of benzene rings is 1. The molecule has 0 unspecified atom stereocenters. The molecule has 11 nitrogen and oxygen atoms in total. The molecule has 2 N–H and O–H groups in total.